The molecule has 0 aliphatic carbocycles. The highest BCUT2D eigenvalue weighted by Gasteiger charge is 2.42. The maximum Gasteiger partial charge on any atom is 0.262 e. The van der Waals surface area contributed by atoms with E-state index in [-0.39, 0.29) is 6.71 Å². The Labute approximate surface area is 304 Å². The van der Waals surface area contributed by atoms with Crippen molar-refractivity contribution in [3.05, 3.63) is 194 Å². The van der Waals surface area contributed by atoms with E-state index in [2.05, 4.69) is 170 Å². The van der Waals surface area contributed by atoms with Crippen molar-refractivity contribution in [3.63, 3.8) is 0 Å². The Bertz CT molecular complexity index is 2430. The summed E-state index contributed by atoms with van der Waals surface area (Å²) in [6.07, 6.45) is 0. The molecular weight excluding hydrogens is 649 g/mol. The first kappa shape index (κ1) is 30.4. The van der Waals surface area contributed by atoms with Gasteiger partial charge < -0.3 is 9.47 Å². The van der Waals surface area contributed by atoms with Gasteiger partial charge in [0.1, 0.15) is 17.2 Å². The van der Waals surface area contributed by atoms with E-state index in [0.717, 1.165) is 56.0 Å². The third-order valence-corrected chi connectivity index (χ3v) is 15.3. The summed E-state index contributed by atoms with van der Waals surface area (Å²) in [5.41, 5.74) is 7.34. The quantitative estimate of drug-likeness (QED) is 0.148. The number of pyridine rings is 1. The minimum absolute atomic E-state index is 0.00111. The van der Waals surface area contributed by atoms with Crippen molar-refractivity contribution in [3.8, 4) is 45.5 Å². The highest BCUT2D eigenvalue weighted by Crippen LogP contribution is 2.36. The molecule has 52 heavy (non-hydrogen) atoms. The van der Waals surface area contributed by atoms with E-state index in [1.165, 1.54) is 20.7 Å². The summed E-state index contributed by atoms with van der Waals surface area (Å²) in [6.45, 7) is -0.00111. The molecule has 244 valence electrons. The number of para-hydroxylation sites is 2. The molecule has 2 aliphatic heterocycles. The smallest absolute Gasteiger partial charge is 0.262 e. The van der Waals surface area contributed by atoms with Crippen LogP contribution in [0.4, 0.5) is 0 Å². The predicted molar refractivity (Wildman–Crippen MR) is 216 cm³/mol. The molecule has 0 spiro atoms. The van der Waals surface area contributed by atoms with E-state index in [9.17, 15) is 0 Å². The van der Waals surface area contributed by atoms with Crippen LogP contribution in [0.3, 0.4) is 0 Å². The molecule has 0 bridgehead atoms. The molecule has 0 saturated heterocycles. The molecule has 0 saturated carbocycles. The molecule has 3 nitrogen and oxygen atoms in total. The lowest BCUT2D eigenvalue weighted by Gasteiger charge is -2.34. The first-order valence-corrected chi connectivity index (χ1v) is 19.7. The van der Waals surface area contributed by atoms with E-state index in [0.29, 0.717) is 5.88 Å². The number of hydrogen-bond donors (Lipinski definition) is 0. The molecule has 0 atom stereocenters. The minimum Gasteiger partial charge on any atom is -0.458 e. The van der Waals surface area contributed by atoms with E-state index in [1.807, 2.05) is 24.3 Å². The van der Waals surface area contributed by atoms with Crippen LogP contribution in [0.15, 0.2) is 194 Å². The van der Waals surface area contributed by atoms with Crippen LogP contribution in [0.5, 0.6) is 23.1 Å². The topological polar surface area (TPSA) is 31.4 Å². The summed E-state index contributed by atoms with van der Waals surface area (Å²) in [5, 5.41) is 5.39. The van der Waals surface area contributed by atoms with Crippen LogP contribution in [0, 0.1) is 0 Å². The molecule has 0 amide bonds. The van der Waals surface area contributed by atoms with Gasteiger partial charge >= 0.3 is 0 Å². The fraction of sp³-hybridized carbons (Fsp3) is 0. The molecule has 2 aliphatic rings. The lowest BCUT2D eigenvalue weighted by molar-refractivity contribution is 0.451. The Morgan fingerprint density at radius 2 is 0.865 bits per heavy atom. The Balaban J connectivity index is 1.11. The summed E-state index contributed by atoms with van der Waals surface area (Å²) < 4.78 is 13.1. The van der Waals surface area contributed by atoms with Gasteiger partial charge in [0.05, 0.1) is 5.69 Å². The van der Waals surface area contributed by atoms with Crippen molar-refractivity contribution < 1.29 is 9.47 Å². The highest BCUT2D eigenvalue weighted by molar-refractivity contribution is 7.19. The first-order valence-electron chi connectivity index (χ1n) is 17.7. The van der Waals surface area contributed by atoms with Crippen molar-refractivity contribution in [2.45, 2.75) is 0 Å². The zero-order valence-electron chi connectivity index (χ0n) is 28.3. The van der Waals surface area contributed by atoms with Crippen LogP contribution in [0.25, 0.3) is 22.4 Å². The maximum absolute atomic E-state index is 6.58. The summed E-state index contributed by atoms with van der Waals surface area (Å²) in [7, 11) is -2.67. The van der Waals surface area contributed by atoms with E-state index >= 15 is 0 Å². The fourth-order valence-corrected chi connectivity index (χ4v) is 13.1. The molecule has 5 heteroatoms. The van der Waals surface area contributed by atoms with Gasteiger partial charge in [-0.3, -0.25) is 0 Å². The van der Waals surface area contributed by atoms with Crippen LogP contribution in [0.1, 0.15) is 0 Å². The van der Waals surface area contributed by atoms with Crippen LogP contribution in [0.2, 0.25) is 0 Å². The summed E-state index contributed by atoms with van der Waals surface area (Å²) in [4.78, 5) is 5.16. The van der Waals surface area contributed by atoms with Crippen molar-refractivity contribution in [1.29, 1.82) is 0 Å². The number of hydrogen-bond acceptors (Lipinski definition) is 3. The molecule has 0 N–H and O–H groups in total. The lowest BCUT2D eigenvalue weighted by atomic mass is 9.35. The van der Waals surface area contributed by atoms with Gasteiger partial charge in [-0.1, -0.05) is 170 Å². The second-order valence-electron chi connectivity index (χ2n) is 13.4. The van der Waals surface area contributed by atoms with Gasteiger partial charge in [-0.05, 0) is 61.0 Å². The molecule has 7 aromatic carbocycles. The van der Waals surface area contributed by atoms with Crippen LogP contribution in [-0.4, -0.2) is 19.8 Å². The van der Waals surface area contributed by atoms with Crippen molar-refractivity contribution in [2.75, 3.05) is 0 Å². The molecular formula is C47H32BNO2Si. The molecule has 1 aromatic heterocycles. The predicted octanol–water partition coefficient (Wildman–Crippen LogP) is 6.52. The van der Waals surface area contributed by atoms with Gasteiger partial charge in [0, 0.05) is 17.1 Å². The molecule has 8 aromatic rings. The number of aromatic nitrogens is 1. The second kappa shape index (κ2) is 12.4. The lowest BCUT2D eigenvalue weighted by Crippen LogP contribution is -2.74. The zero-order valence-corrected chi connectivity index (χ0v) is 29.3. The largest absolute Gasteiger partial charge is 0.458 e. The SMILES string of the molecule is c1ccc([Si](c2ccccc2)(c2ccccc2)c2cccc(-c3cccc(-c4cc5c6c(n4)Oc4ccccc4B6c4ccccc4O5)c3)c2)cc1. The fourth-order valence-electron chi connectivity index (χ4n) is 8.26. The standard InChI is InChI=1S/C47H32BNO2Si/c1-4-19-36(20-5-1)52(37-21-6-2-7-22-37,38-23-8-3-9-24-38)39-25-15-17-34(31-39)33-16-14-18-35(30-33)42-32-45-46-47(49-42)51-44-29-13-11-27-41(44)48(46)40-26-10-12-28-43(40)50-45/h1-32H. The summed E-state index contributed by atoms with van der Waals surface area (Å²) in [6, 6.07) is 69.6. The monoisotopic (exact) mass is 681 g/mol. The summed E-state index contributed by atoms with van der Waals surface area (Å²) in [5.74, 6) is 3.09. The number of benzene rings is 7. The van der Waals surface area contributed by atoms with E-state index in [4.69, 9.17) is 14.5 Å². The summed E-state index contributed by atoms with van der Waals surface area (Å²) >= 11 is 0. The van der Waals surface area contributed by atoms with Gasteiger partial charge in [0.15, 0.2) is 8.07 Å². The average molecular weight is 682 g/mol. The highest BCUT2D eigenvalue weighted by atomic mass is 28.3. The Hall–Kier alpha value is -6.43. The molecule has 0 fully saturated rings. The third kappa shape index (κ3) is 4.85. The average Bonchev–Trinajstić information content (AvgIpc) is 3.22. The van der Waals surface area contributed by atoms with Gasteiger partial charge in [0.25, 0.3) is 6.71 Å². The normalized spacial score (nSPS) is 12.5. The van der Waals surface area contributed by atoms with Gasteiger partial charge in [0.2, 0.25) is 5.88 Å². The molecule has 0 unspecified atom stereocenters. The van der Waals surface area contributed by atoms with Crippen LogP contribution < -0.4 is 46.6 Å². The minimum atomic E-state index is -2.67. The van der Waals surface area contributed by atoms with Crippen molar-refractivity contribution >= 4 is 51.9 Å². The van der Waals surface area contributed by atoms with Gasteiger partial charge in [-0.15, -0.1) is 0 Å². The van der Waals surface area contributed by atoms with Crippen LogP contribution >= 0.6 is 0 Å². The molecule has 10 rings (SSSR count). The van der Waals surface area contributed by atoms with Gasteiger partial charge in [-0.2, -0.15) is 0 Å². The number of rotatable bonds is 6. The second-order valence-corrected chi connectivity index (χ2v) is 17.3. The molecule has 3 heterocycles. The Morgan fingerprint density at radius 1 is 0.385 bits per heavy atom. The first-order chi connectivity index (χ1) is 25.8. The van der Waals surface area contributed by atoms with E-state index in [1.54, 1.807) is 0 Å². The van der Waals surface area contributed by atoms with Crippen molar-refractivity contribution in [2.24, 2.45) is 0 Å². The maximum atomic E-state index is 6.58. The molecule has 0 radical (unpaired) electrons. The van der Waals surface area contributed by atoms with Gasteiger partial charge in [-0.25, -0.2) is 4.98 Å². The Kier molecular flexibility index (Phi) is 7.26. The zero-order chi connectivity index (χ0) is 34.5. The number of ether oxygens (including phenoxy) is 2. The van der Waals surface area contributed by atoms with E-state index < -0.39 is 8.07 Å². The third-order valence-electron chi connectivity index (χ3n) is 10.6. The Morgan fingerprint density at radius 3 is 1.48 bits per heavy atom. The van der Waals surface area contributed by atoms with Crippen LogP contribution in [-0.2, 0) is 0 Å². The number of nitrogens with zero attached hydrogens (tertiary/aromatic N) is 1. The van der Waals surface area contributed by atoms with Crippen molar-refractivity contribution in [1.82, 2.24) is 4.98 Å². The number of fused-ring (bicyclic) bond motifs is 4.